The van der Waals surface area contributed by atoms with Gasteiger partial charge in [0.25, 0.3) is 0 Å². The Morgan fingerprint density at radius 1 is 0.909 bits per heavy atom. The molecule has 0 spiro atoms. The molecule has 0 saturated carbocycles. The third-order valence-electron chi connectivity index (χ3n) is 3.79. The monoisotopic (exact) mass is 314 g/mol. The Labute approximate surface area is 135 Å². The Hall–Kier alpha value is -0.650. The summed E-state index contributed by atoms with van der Waals surface area (Å²) >= 11 is 0. The summed E-state index contributed by atoms with van der Waals surface area (Å²) in [6.45, 7) is 15.5. The maximum atomic E-state index is 12.0. The minimum absolute atomic E-state index is 0.103. The molecule has 0 aliphatic carbocycles. The number of hydrogen-bond acceptors (Lipinski definition) is 4. The molecule has 0 aromatic carbocycles. The van der Waals surface area contributed by atoms with E-state index in [1.165, 1.54) is 0 Å². The summed E-state index contributed by atoms with van der Waals surface area (Å²) in [6, 6.07) is 0. The molecule has 0 aromatic rings. The quantitative estimate of drug-likeness (QED) is 0.577. The van der Waals surface area contributed by atoms with E-state index < -0.39 is 0 Å². The van der Waals surface area contributed by atoms with Crippen molar-refractivity contribution >= 4 is 5.91 Å². The van der Waals surface area contributed by atoms with E-state index >= 15 is 0 Å². The third kappa shape index (κ3) is 8.71. The second kappa shape index (κ2) is 11.0. The first-order valence-corrected chi connectivity index (χ1v) is 8.64. The van der Waals surface area contributed by atoms with Crippen molar-refractivity contribution in [1.29, 1.82) is 0 Å². The molecule has 0 N–H and O–H groups in total. The highest BCUT2D eigenvalue weighted by molar-refractivity contribution is 5.77. The Bertz CT molecular complexity index is 300. The molecular formula is C17H34N2O3. The van der Waals surface area contributed by atoms with Gasteiger partial charge >= 0.3 is 0 Å². The SMILES string of the molecule is CC(C)CCOCCOCC(=O)N1CCN(CC(C)C)CC1. The number of carbonyl (C=O) groups excluding carboxylic acids is 1. The molecule has 1 fully saturated rings. The molecule has 0 atom stereocenters. The van der Waals surface area contributed by atoms with Crippen LogP contribution in [0.1, 0.15) is 34.1 Å². The lowest BCUT2D eigenvalue weighted by Gasteiger charge is -2.35. The summed E-state index contributed by atoms with van der Waals surface area (Å²) < 4.78 is 10.9. The van der Waals surface area contributed by atoms with E-state index in [0.29, 0.717) is 25.0 Å². The fourth-order valence-corrected chi connectivity index (χ4v) is 2.49. The second-order valence-electron chi connectivity index (χ2n) is 6.92. The zero-order chi connectivity index (χ0) is 16.4. The topological polar surface area (TPSA) is 42.0 Å². The molecule has 0 bridgehead atoms. The minimum atomic E-state index is 0.103. The molecule has 0 radical (unpaired) electrons. The Kier molecular flexibility index (Phi) is 9.68. The minimum Gasteiger partial charge on any atom is -0.379 e. The fraction of sp³-hybridized carbons (Fsp3) is 0.941. The van der Waals surface area contributed by atoms with Crippen molar-refractivity contribution in [2.75, 3.05) is 59.2 Å². The van der Waals surface area contributed by atoms with Crippen LogP contribution in [-0.4, -0.2) is 74.9 Å². The van der Waals surface area contributed by atoms with E-state index in [1.807, 2.05) is 4.90 Å². The summed E-state index contributed by atoms with van der Waals surface area (Å²) in [5, 5.41) is 0. The van der Waals surface area contributed by atoms with Gasteiger partial charge in [-0.3, -0.25) is 9.69 Å². The number of rotatable bonds is 10. The Morgan fingerprint density at radius 3 is 2.14 bits per heavy atom. The second-order valence-corrected chi connectivity index (χ2v) is 6.92. The molecule has 1 saturated heterocycles. The van der Waals surface area contributed by atoms with Gasteiger partial charge in [0.2, 0.25) is 5.91 Å². The van der Waals surface area contributed by atoms with Gasteiger partial charge in [-0.25, -0.2) is 0 Å². The first kappa shape index (κ1) is 19.4. The molecule has 1 heterocycles. The lowest BCUT2D eigenvalue weighted by atomic mass is 10.1. The number of amides is 1. The highest BCUT2D eigenvalue weighted by atomic mass is 16.5. The summed E-state index contributed by atoms with van der Waals surface area (Å²) in [4.78, 5) is 16.4. The molecule has 0 aromatic heterocycles. The van der Waals surface area contributed by atoms with Crippen LogP contribution in [0.2, 0.25) is 0 Å². The molecular weight excluding hydrogens is 280 g/mol. The number of ether oxygens (including phenoxy) is 2. The molecule has 5 heteroatoms. The Morgan fingerprint density at radius 2 is 1.55 bits per heavy atom. The van der Waals surface area contributed by atoms with E-state index in [1.54, 1.807) is 0 Å². The largest absolute Gasteiger partial charge is 0.379 e. The van der Waals surface area contributed by atoms with Gasteiger partial charge < -0.3 is 14.4 Å². The summed E-state index contributed by atoms with van der Waals surface area (Å²) in [7, 11) is 0. The van der Waals surface area contributed by atoms with Gasteiger partial charge in [-0.1, -0.05) is 27.7 Å². The molecule has 1 aliphatic heterocycles. The van der Waals surface area contributed by atoms with Gasteiger partial charge in [-0.2, -0.15) is 0 Å². The normalized spacial score (nSPS) is 16.7. The zero-order valence-corrected chi connectivity index (χ0v) is 14.8. The zero-order valence-electron chi connectivity index (χ0n) is 14.8. The first-order chi connectivity index (χ1) is 10.5. The average molecular weight is 314 g/mol. The fourth-order valence-electron chi connectivity index (χ4n) is 2.49. The van der Waals surface area contributed by atoms with Crippen molar-refractivity contribution in [3.63, 3.8) is 0 Å². The summed E-state index contributed by atoms with van der Waals surface area (Å²) in [5.74, 6) is 1.45. The molecule has 130 valence electrons. The van der Waals surface area contributed by atoms with Gasteiger partial charge in [-0.05, 0) is 18.3 Å². The van der Waals surface area contributed by atoms with Crippen LogP contribution in [0.5, 0.6) is 0 Å². The predicted molar refractivity (Wildman–Crippen MR) is 89.0 cm³/mol. The number of nitrogens with zero attached hydrogens (tertiary/aromatic N) is 2. The van der Waals surface area contributed by atoms with Crippen LogP contribution in [0.25, 0.3) is 0 Å². The van der Waals surface area contributed by atoms with Crippen LogP contribution >= 0.6 is 0 Å². The van der Waals surface area contributed by atoms with Gasteiger partial charge in [-0.15, -0.1) is 0 Å². The third-order valence-corrected chi connectivity index (χ3v) is 3.79. The van der Waals surface area contributed by atoms with Crippen molar-refractivity contribution in [1.82, 2.24) is 9.80 Å². The lowest BCUT2D eigenvalue weighted by molar-refractivity contribution is -0.138. The maximum Gasteiger partial charge on any atom is 0.248 e. The summed E-state index contributed by atoms with van der Waals surface area (Å²) in [5.41, 5.74) is 0. The van der Waals surface area contributed by atoms with E-state index in [4.69, 9.17) is 9.47 Å². The van der Waals surface area contributed by atoms with Crippen molar-refractivity contribution in [2.45, 2.75) is 34.1 Å². The van der Waals surface area contributed by atoms with Crippen LogP contribution < -0.4 is 0 Å². The number of carbonyl (C=O) groups is 1. The summed E-state index contributed by atoms with van der Waals surface area (Å²) in [6.07, 6.45) is 1.07. The van der Waals surface area contributed by atoms with Gasteiger partial charge in [0, 0.05) is 39.3 Å². The molecule has 0 unspecified atom stereocenters. The molecule has 1 rings (SSSR count). The van der Waals surface area contributed by atoms with Crippen LogP contribution in [0.4, 0.5) is 0 Å². The van der Waals surface area contributed by atoms with Crippen LogP contribution in [0.3, 0.4) is 0 Å². The highest BCUT2D eigenvalue weighted by Gasteiger charge is 2.21. The van der Waals surface area contributed by atoms with Gasteiger partial charge in [0.15, 0.2) is 0 Å². The van der Waals surface area contributed by atoms with Crippen LogP contribution in [-0.2, 0) is 14.3 Å². The van der Waals surface area contributed by atoms with Gasteiger partial charge in [0.1, 0.15) is 6.61 Å². The van der Waals surface area contributed by atoms with Gasteiger partial charge in [0.05, 0.1) is 13.2 Å². The van der Waals surface area contributed by atoms with Crippen LogP contribution in [0.15, 0.2) is 0 Å². The highest BCUT2D eigenvalue weighted by Crippen LogP contribution is 2.05. The molecule has 1 aliphatic rings. The van der Waals surface area contributed by atoms with Crippen molar-refractivity contribution in [3.8, 4) is 0 Å². The standard InChI is InChI=1S/C17H34N2O3/c1-15(2)5-10-21-11-12-22-14-17(20)19-8-6-18(7-9-19)13-16(3)4/h15-16H,5-14H2,1-4H3. The average Bonchev–Trinajstić information content (AvgIpc) is 2.46. The van der Waals surface area contributed by atoms with Crippen molar-refractivity contribution in [3.05, 3.63) is 0 Å². The predicted octanol–water partition coefficient (Wildman–Crippen LogP) is 1.87. The maximum absolute atomic E-state index is 12.0. The number of hydrogen-bond donors (Lipinski definition) is 0. The molecule has 1 amide bonds. The van der Waals surface area contributed by atoms with E-state index in [0.717, 1.165) is 45.8 Å². The Balaban J connectivity index is 2.02. The van der Waals surface area contributed by atoms with E-state index in [9.17, 15) is 4.79 Å². The van der Waals surface area contributed by atoms with Crippen molar-refractivity contribution in [2.24, 2.45) is 11.8 Å². The molecule has 22 heavy (non-hydrogen) atoms. The lowest BCUT2D eigenvalue weighted by Crippen LogP contribution is -2.50. The molecule has 5 nitrogen and oxygen atoms in total. The van der Waals surface area contributed by atoms with E-state index in [2.05, 4.69) is 32.6 Å². The van der Waals surface area contributed by atoms with Crippen LogP contribution in [0, 0.1) is 11.8 Å². The van der Waals surface area contributed by atoms with E-state index in [-0.39, 0.29) is 12.5 Å². The number of piperazine rings is 1. The van der Waals surface area contributed by atoms with Crippen molar-refractivity contribution < 1.29 is 14.3 Å². The first-order valence-electron chi connectivity index (χ1n) is 8.64. The smallest absolute Gasteiger partial charge is 0.248 e.